The van der Waals surface area contributed by atoms with Crippen molar-refractivity contribution in [2.45, 2.75) is 26.7 Å². The predicted octanol–water partition coefficient (Wildman–Crippen LogP) is 2.17. The van der Waals surface area contributed by atoms with Gasteiger partial charge in [-0.2, -0.15) is 4.98 Å². The molecule has 0 amide bonds. The van der Waals surface area contributed by atoms with Crippen molar-refractivity contribution in [3.8, 4) is 5.88 Å². The Bertz CT molecular complexity index is 488. The van der Waals surface area contributed by atoms with Crippen LogP contribution in [0.4, 0.5) is 0 Å². The van der Waals surface area contributed by atoms with Crippen LogP contribution in [0.3, 0.4) is 0 Å². The van der Waals surface area contributed by atoms with Gasteiger partial charge in [0.2, 0.25) is 11.7 Å². The second kappa shape index (κ2) is 3.53. The molecule has 0 radical (unpaired) electrons. The molecule has 80 valence electrons. The molecule has 2 aromatic heterocycles. The summed E-state index contributed by atoms with van der Waals surface area (Å²) in [4.78, 5) is 8.76. The Balaban J connectivity index is 2.61. The SMILES string of the molecule is COc1nc2nc(C(C)C)cn2cc1C. The topological polar surface area (TPSA) is 39.4 Å². The molecule has 0 saturated heterocycles. The highest BCUT2D eigenvalue weighted by Crippen LogP contribution is 2.18. The van der Waals surface area contributed by atoms with Crippen LogP contribution in [0.2, 0.25) is 0 Å². The van der Waals surface area contributed by atoms with Gasteiger partial charge in [0.25, 0.3) is 0 Å². The molecule has 2 aromatic rings. The molecule has 0 bridgehead atoms. The molecule has 2 heterocycles. The summed E-state index contributed by atoms with van der Waals surface area (Å²) in [6, 6.07) is 0. The molecule has 0 aliphatic rings. The molecule has 0 unspecified atom stereocenters. The lowest BCUT2D eigenvalue weighted by atomic mass is 10.2. The molecule has 0 fully saturated rings. The van der Waals surface area contributed by atoms with Crippen molar-refractivity contribution in [3.05, 3.63) is 23.7 Å². The molecule has 0 atom stereocenters. The lowest BCUT2D eigenvalue weighted by Gasteiger charge is -2.02. The molecular weight excluding hydrogens is 190 g/mol. The monoisotopic (exact) mass is 205 g/mol. The van der Waals surface area contributed by atoms with E-state index in [2.05, 4.69) is 23.8 Å². The fraction of sp³-hybridized carbons (Fsp3) is 0.455. The smallest absolute Gasteiger partial charge is 0.237 e. The molecule has 0 aromatic carbocycles. The quantitative estimate of drug-likeness (QED) is 0.754. The molecule has 0 saturated carbocycles. The van der Waals surface area contributed by atoms with Gasteiger partial charge in [-0.15, -0.1) is 0 Å². The zero-order valence-corrected chi connectivity index (χ0v) is 9.48. The van der Waals surface area contributed by atoms with E-state index in [1.165, 1.54) is 0 Å². The lowest BCUT2D eigenvalue weighted by Crippen LogP contribution is -1.95. The van der Waals surface area contributed by atoms with Crippen LogP contribution in [-0.4, -0.2) is 21.5 Å². The van der Waals surface area contributed by atoms with E-state index in [-0.39, 0.29) is 0 Å². The van der Waals surface area contributed by atoms with Gasteiger partial charge in [-0.25, -0.2) is 4.98 Å². The summed E-state index contributed by atoms with van der Waals surface area (Å²) in [5.74, 6) is 1.75. The molecule has 2 rings (SSSR count). The number of hydrogen-bond donors (Lipinski definition) is 0. The van der Waals surface area contributed by atoms with Crippen LogP contribution in [-0.2, 0) is 0 Å². The van der Waals surface area contributed by atoms with E-state index in [9.17, 15) is 0 Å². The van der Waals surface area contributed by atoms with E-state index in [1.54, 1.807) is 7.11 Å². The Morgan fingerprint density at radius 2 is 2.00 bits per heavy atom. The van der Waals surface area contributed by atoms with Gasteiger partial charge >= 0.3 is 0 Å². The normalized spacial score (nSPS) is 11.3. The minimum atomic E-state index is 0.415. The zero-order valence-electron chi connectivity index (χ0n) is 9.48. The average molecular weight is 205 g/mol. The summed E-state index contributed by atoms with van der Waals surface area (Å²) < 4.78 is 7.10. The fourth-order valence-corrected chi connectivity index (χ4v) is 1.51. The summed E-state index contributed by atoms with van der Waals surface area (Å²) in [7, 11) is 1.62. The molecule has 4 nitrogen and oxygen atoms in total. The maximum absolute atomic E-state index is 5.16. The number of aryl methyl sites for hydroxylation is 1. The number of rotatable bonds is 2. The number of ether oxygens (including phenoxy) is 1. The van der Waals surface area contributed by atoms with Gasteiger partial charge in [0.05, 0.1) is 12.8 Å². The third-order valence-electron chi connectivity index (χ3n) is 2.39. The van der Waals surface area contributed by atoms with Crippen LogP contribution in [0.15, 0.2) is 12.4 Å². The lowest BCUT2D eigenvalue weighted by molar-refractivity contribution is 0.394. The van der Waals surface area contributed by atoms with Crippen molar-refractivity contribution in [1.82, 2.24) is 14.4 Å². The average Bonchev–Trinajstić information content (AvgIpc) is 2.59. The number of nitrogens with zero attached hydrogens (tertiary/aromatic N) is 3. The van der Waals surface area contributed by atoms with E-state index >= 15 is 0 Å². The van der Waals surface area contributed by atoms with Gasteiger partial charge in [0, 0.05) is 18.0 Å². The maximum atomic E-state index is 5.16. The van der Waals surface area contributed by atoms with E-state index < -0.39 is 0 Å². The van der Waals surface area contributed by atoms with Gasteiger partial charge in [-0.05, 0) is 12.8 Å². The first-order valence-corrected chi connectivity index (χ1v) is 5.02. The summed E-state index contributed by atoms with van der Waals surface area (Å²) in [5.41, 5.74) is 2.06. The van der Waals surface area contributed by atoms with Crippen LogP contribution in [0.1, 0.15) is 31.0 Å². The van der Waals surface area contributed by atoms with Gasteiger partial charge in [0.15, 0.2) is 0 Å². The zero-order chi connectivity index (χ0) is 11.0. The van der Waals surface area contributed by atoms with Crippen molar-refractivity contribution in [2.24, 2.45) is 0 Å². The maximum Gasteiger partial charge on any atom is 0.237 e. The number of methoxy groups -OCH3 is 1. The summed E-state index contributed by atoms with van der Waals surface area (Å²) in [6.45, 7) is 6.21. The third kappa shape index (κ3) is 1.67. The van der Waals surface area contributed by atoms with Crippen LogP contribution < -0.4 is 4.74 Å². The Morgan fingerprint density at radius 3 is 2.60 bits per heavy atom. The highest BCUT2D eigenvalue weighted by Gasteiger charge is 2.09. The molecule has 15 heavy (non-hydrogen) atoms. The molecule has 0 aliphatic carbocycles. The summed E-state index contributed by atoms with van der Waals surface area (Å²) >= 11 is 0. The minimum absolute atomic E-state index is 0.415. The van der Waals surface area contributed by atoms with E-state index in [0.717, 1.165) is 11.3 Å². The van der Waals surface area contributed by atoms with Crippen LogP contribution >= 0.6 is 0 Å². The number of hydrogen-bond acceptors (Lipinski definition) is 3. The largest absolute Gasteiger partial charge is 0.481 e. The second-order valence-electron chi connectivity index (χ2n) is 3.96. The van der Waals surface area contributed by atoms with Crippen LogP contribution in [0.25, 0.3) is 5.78 Å². The number of fused-ring (bicyclic) bond motifs is 1. The van der Waals surface area contributed by atoms with Crippen LogP contribution in [0, 0.1) is 6.92 Å². The Hall–Kier alpha value is -1.58. The first-order valence-electron chi connectivity index (χ1n) is 5.02. The van der Waals surface area contributed by atoms with Gasteiger partial charge < -0.3 is 4.74 Å². The number of imidazole rings is 1. The molecule has 0 aliphatic heterocycles. The first kappa shape index (κ1) is 9.96. The molecule has 0 spiro atoms. The molecule has 0 N–H and O–H groups in total. The fourth-order valence-electron chi connectivity index (χ4n) is 1.51. The summed E-state index contributed by atoms with van der Waals surface area (Å²) in [5, 5.41) is 0. The Morgan fingerprint density at radius 1 is 1.27 bits per heavy atom. The third-order valence-corrected chi connectivity index (χ3v) is 2.39. The number of aromatic nitrogens is 3. The van der Waals surface area contributed by atoms with Crippen molar-refractivity contribution in [2.75, 3.05) is 7.11 Å². The van der Waals surface area contributed by atoms with Gasteiger partial charge in [0.1, 0.15) is 0 Å². The Kier molecular flexibility index (Phi) is 2.34. The van der Waals surface area contributed by atoms with Gasteiger partial charge in [-0.1, -0.05) is 13.8 Å². The van der Waals surface area contributed by atoms with E-state index in [0.29, 0.717) is 17.6 Å². The van der Waals surface area contributed by atoms with Crippen molar-refractivity contribution >= 4 is 5.78 Å². The molecular formula is C11H15N3O. The van der Waals surface area contributed by atoms with Gasteiger partial charge in [-0.3, -0.25) is 4.40 Å². The van der Waals surface area contributed by atoms with E-state index in [1.807, 2.05) is 23.7 Å². The van der Waals surface area contributed by atoms with Crippen molar-refractivity contribution in [1.29, 1.82) is 0 Å². The highest BCUT2D eigenvalue weighted by molar-refractivity contribution is 5.38. The standard InChI is InChI=1S/C11H15N3O/c1-7(2)9-6-14-5-8(3)10(15-4)13-11(14)12-9/h5-7H,1-4H3. The van der Waals surface area contributed by atoms with Crippen molar-refractivity contribution < 1.29 is 4.74 Å². The van der Waals surface area contributed by atoms with Crippen molar-refractivity contribution in [3.63, 3.8) is 0 Å². The highest BCUT2D eigenvalue weighted by atomic mass is 16.5. The predicted molar refractivity (Wildman–Crippen MR) is 58.4 cm³/mol. The Labute approximate surface area is 88.9 Å². The molecule has 4 heteroatoms. The first-order chi connectivity index (χ1) is 7.11. The second-order valence-corrected chi connectivity index (χ2v) is 3.96. The van der Waals surface area contributed by atoms with E-state index in [4.69, 9.17) is 4.74 Å². The minimum Gasteiger partial charge on any atom is -0.481 e. The summed E-state index contributed by atoms with van der Waals surface area (Å²) in [6.07, 6.45) is 4.00. The van der Waals surface area contributed by atoms with Crippen LogP contribution in [0.5, 0.6) is 5.88 Å².